The van der Waals surface area contributed by atoms with Gasteiger partial charge in [0, 0.05) is 5.56 Å². The van der Waals surface area contributed by atoms with Crippen LogP contribution in [0.15, 0.2) is 24.3 Å². The SMILES string of the molecule is Cc1c(C)c2c(c(C)c1O)CCC(COc1ccc(CC3SC(=O)NC3=O)cc1)(CC(C)C)O2. The van der Waals surface area contributed by atoms with Crippen molar-refractivity contribution in [2.24, 2.45) is 5.92 Å². The van der Waals surface area contributed by atoms with Gasteiger partial charge in [-0.15, -0.1) is 0 Å². The summed E-state index contributed by atoms with van der Waals surface area (Å²) >= 11 is 1.04. The molecule has 2 amide bonds. The second-order valence-electron chi connectivity index (χ2n) is 9.93. The number of hydrogen-bond acceptors (Lipinski definition) is 6. The fourth-order valence-corrected chi connectivity index (χ4v) is 5.81. The van der Waals surface area contributed by atoms with E-state index in [0.29, 0.717) is 24.7 Å². The van der Waals surface area contributed by atoms with Gasteiger partial charge in [-0.25, -0.2) is 0 Å². The van der Waals surface area contributed by atoms with Gasteiger partial charge in [-0.3, -0.25) is 14.9 Å². The van der Waals surface area contributed by atoms with Crippen molar-refractivity contribution < 1.29 is 24.2 Å². The lowest BCUT2D eigenvalue weighted by Gasteiger charge is -2.41. The first-order valence-electron chi connectivity index (χ1n) is 11.8. The first kappa shape index (κ1) is 24.5. The number of phenols is 1. The fourth-order valence-electron chi connectivity index (χ4n) is 4.95. The van der Waals surface area contributed by atoms with Crippen LogP contribution in [0.5, 0.6) is 17.2 Å². The predicted molar refractivity (Wildman–Crippen MR) is 134 cm³/mol. The van der Waals surface area contributed by atoms with Crippen molar-refractivity contribution in [3.63, 3.8) is 0 Å². The molecule has 6 nitrogen and oxygen atoms in total. The molecule has 2 unspecified atom stereocenters. The summed E-state index contributed by atoms with van der Waals surface area (Å²) in [6, 6.07) is 7.70. The number of ether oxygens (including phenoxy) is 2. The van der Waals surface area contributed by atoms with Crippen LogP contribution in [0, 0.1) is 26.7 Å². The van der Waals surface area contributed by atoms with Crippen LogP contribution < -0.4 is 14.8 Å². The van der Waals surface area contributed by atoms with Crippen LogP contribution in [0.4, 0.5) is 4.79 Å². The minimum Gasteiger partial charge on any atom is -0.507 e. The Balaban J connectivity index is 1.49. The lowest BCUT2D eigenvalue weighted by molar-refractivity contribution is -0.118. The van der Waals surface area contributed by atoms with Gasteiger partial charge in [0.15, 0.2) is 0 Å². The van der Waals surface area contributed by atoms with E-state index in [4.69, 9.17) is 9.47 Å². The highest BCUT2D eigenvalue weighted by Crippen LogP contribution is 2.45. The summed E-state index contributed by atoms with van der Waals surface area (Å²) in [5.74, 6) is 2.21. The Morgan fingerprint density at radius 1 is 1.15 bits per heavy atom. The molecule has 7 heteroatoms. The van der Waals surface area contributed by atoms with Gasteiger partial charge in [0.2, 0.25) is 5.91 Å². The van der Waals surface area contributed by atoms with Crippen molar-refractivity contribution in [1.82, 2.24) is 5.32 Å². The molecule has 2 aromatic carbocycles. The molecule has 0 radical (unpaired) electrons. The predicted octanol–water partition coefficient (Wildman–Crippen LogP) is 5.40. The summed E-state index contributed by atoms with van der Waals surface area (Å²) in [5, 5.41) is 12.2. The Hall–Kier alpha value is -2.67. The molecule has 2 aliphatic rings. The number of rotatable bonds is 7. The number of benzene rings is 2. The Morgan fingerprint density at radius 3 is 2.47 bits per heavy atom. The van der Waals surface area contributed by atoms with Crippen LogP contribution in [-0.4, -0.2) is 33.7 Å². The minimum absolute atomic E-state index is 0.227. The minimum atomic E-state index is -0.445. The second-order valence-corrected chi connectivity index (χ2v) is 11.1. The van der Waals surface area contributed by atoms with Crippen LogP contribution in [0.2, 0.25) is 0 Å². The standard InChI is InChI=1S/C27H33NO5S/c1-15(2)13-27(11-10-21-18(5)23(29)16(3)17(4)24(21)33-27)14-32-20-8-6-19(7-9-20)12-22-25(30)28-26(31)34-22/h6-9,15,22,29H,10-14H2,1-5H3,(H,28,30,31). The summed E-state index contributed by atoms with van der Waals surface area (Å²) in [5.41, 5.74) is 4.39. The van der Waals surface area contributed by atoms with E-state index in [2.05, 4.69) is 19.2 Å². The molecule has 0 bridgehead atoms. The lowest BCUT2D eigenvalue weighted by Crippen LogP contribution is -2.46. The summed E-state index contributed by atoms with van der Waals surface area (Å²) < 4.78 is 13.0. The third kappa shape index (κ3) is 4.90. The number of fused-ring (bicyclic) bond motifs is 1. The molecule has 0 aromatic heterocycles. The summed E-state index contributed by atoms with van der Waals surface area (Å²) in [6.07, 6.45) is 3.03. The van der Waals surface area contributed by atoms with E-state index in [1.807, 2.05) is 45.0 Å². The molecule has 2 N–H and O–H groups in total. The van der Waals surface area contributed by atoms with Crippen LogP contribution in [0.3, 0.4) is 0 Å². The Morgan fingerprint density at radius 2 is 1.85 bits per heavy atom. The molecule has 2 aromatic rings. The molecule has 1 saturated heterocycles. The summed E-state index contributed by atoms with van der Waals surface area (Å²) in [4.78, 5) is 23.2. The zero-order valence-electron chi connectivity index (χ0n) is 20.5. The van der Waals surface area contributed by atoms with Gasteiger partial charge >= 0.3 is 0 Å². The normalized spacial score (nSPS) is 21.9. The number of phenolic OH excluding ortho intramolecular Hbond substituents is 1. The van der Waals surface area contributed by atoms with E-state index in [1.165, 1.54) is 0 Å². The molecular formula is C27H33NO5S. The molecule has 4 rings (SSSR count). The first-order valence-corrected chi connectivity index (χ1v) is 12.7. The van der Waals surface area contributed by atoms with Crippen molar-refractivity contribution in [2.75, 3.05) is 6.61 Å². The molecule has 2 atom stereocenters. The van der Waals surface area contributed by atoms with Gasteiger partial charge in [0.25, 0.3) is 5.24 Å². The first-order chi connectivity index (χ1) is 16.1. The third-order valence-corrected chi connectivity index (χ3v) is 7.86. The van der Waals surface area contributed by atoms with Gasteiger partial charge in [-0.05, 0) is 86.8 Å². The molecule has 182 valence electrons. The molecular weight excluding hydrogens is 450 g/mol. The van der Waals surface area contributed by atoms with Crippen molar-refractivity contribution in [3.8, 4) is 17.2 Å². The van der Waals surface area contributed by atoms with E-state index in [-0.39, 0.29) is 16.4 Å². The van der Waals surface area contributed by atoms with Gasteiger partial charge in [0.1, 0.15) is 29.5 Å². The number of carbonyl (C=O) groups is 2. The molecule has 0 spiro atoms. The van der Waals surface area contributed by atoms with Crippen LogP contribution in [0.1, 0.15) is 54.5 Å². The average molecular weight is 484 g/mol. The monoisotopic (exact) mass is 483 g/mol. The van der Waals surface area contributed by atoms with Gasteiger partial charge in [-0.2, -0.15) is 0 Å². The van der Waals surface area contributed by atoms with Crippen molar-refractivity contribution in [3.05, 3.63) is 52.1 Å². The second kappa shape index (κ2) is 9.53. The maximum absolute atomic E-state index is 11.8. The molecule has 0 aliphatic carbocycles. The maximum Gasteiger partial charge on any atom is 0.286 e. The van der Waals surface area contributed by atoms with Crippen LogP contribution in [-0.2, 0) is 17.6 Å². The zero-order valence-corrected chi connectivity index (χ0v) is 21.3. The summed E-state index contributed by atoms with van der Waals surface area (Å²) in [6.45, 7) is 10.7. The summed E-state index contributed by atoms with van der Waals surface area (Å²) in [7, 11) is 0. The number of thioether (sulfide) groups is 1. The number of carbonyl (C=O) groups excluding carboxylic acids is 2. The van der Waals surface area contributed by atoms with Crippen molar-refractivity contribution in [1.29, 1.82) is 0 Å². The van der Waals surface area contributed by atoms with Crippen LogP contribution >= 0.6 is 11.8 Å². The largest absolute Gasteiger partial charge is 0.507 e. The van der Waals surface area contributed by atoms with E-state index in [9.17, 15) is 14.7 Å². The number of aromatic hydroxyl groups is 1. The molecule has 2 aliphatic heterocycles. The van der Waals surface area contributed by atoms with Gasteiger partial charge in [0.05, 0.1) is 5.25 Å². The number of nitrogens with one attached hydrogen (secondary N) is 1. The Labute approximate surface area is 205 Å². The lowest BCUT2D eigenvalue weighted by atomic mass is 9.82. The molecule has 2 heterocycles. The van der Waals surface area contributed by atoms with Gasteiger partial charge < -0.3 is 14.6 Å². The quantitative estimate of drug-likeness (QED) is 0.549. The fraction of sp³-hybridized carbons (Fsp3) is 0.481. The zero-order chi connectivity index (χ0) is 24.6. The molecule has 1 fully saturated rings. The van der Waals surface area contributed by atoms with E-state index in [0.717, 1.165) is 70.3 Å². The molecule has 34 heavy (non-hydrogen) atoms. The highest BCUT2D eigenvalue weighted by atomic mass is 32.2. The number of hydrogen-bond donors (Lipinski definition) is 2. The third-order valence-electron chi connectivity index (χ3n) is 6.88. The smallest absolute Gasteiger partial charge is 0.286 e. The van der Waals surface area contributed by atoms with Crippen LogP contribution in [0.25, 0.3) is 0 Å². The van der Waals surface area contributed by atoms with Crippen molar-refractivity contribution >= 4 is 22.9 Å². The highest BCUT2D eigenvalue weighted by Gasteiger charge is 2.40. The molecule has 0 saturated carbocycles. The van der Waals surface area contributed by atoms with Crippen molar-refractivity contribution in [2.45, 2.75) is 71.2 Å². The van der Waals surface area contributed by atoms with E-state index >= 15 is 0 Å². The van der Waals surface area contributed by atoms with Gasteiger partial charge in [-0.1, -0.05) is 37.7 Å². The average Bonchev–Trinajstić information content (AvgIpc) is 3.11. The highest BCUT2D eigenvalue weighted by molar-refractivity contribution is 8.15. The Kier molecular flexibility index (Phi) is 6.85. The number of amides is 2. The van der Waals surface area contributed by atoms with E-state index in [1.54, 1.807) is 0 Å². The van der Waals surface area contributed by atoms with E-state index < -0.39 is 5.60 Å². The maximum atomic E-state index is 11.8. The number of imide groups is 1. The topological polar surface area (TPSA) is 84.9 Å². The Bertz CT molecular complexity index is 1110.